The molecule has 2 rings (SSSR count). The first kappa shape index (κ1) is 14.2. The molecule has 0 fully saturated rings. The van der Waals surface area contributed by atoms with E-state index in [4.69, 9.17) is 5.73 Å². The van der Waals surface area contributed by atoms with Crippen molar-refractivity contribution in [1.82, 2.24) is 0 Å². The SMILES string of the molecule is Cc1cc(S(=O)Cc2ccc(F)c(Br)c2)ccc1N. The van der Waals surface area contributed by atoms with Crippen molar-refractivity contribution in [1.29, 1.82) is 0 Å². The van der Waals surface area contributed by atoms with Crippen molar-refractivity contribution in [2.75, 3.05) is 5.73 Å². The van der Waals surface area contributed by atoms with E-state index in [1.165, 1.54) is 6.07 Å². The Labute approximate surface area is 122 Å². The first-order valence-corrected chi connectivity index (χ1v) is 7.77. The van der Waals surface area contributed by atoms with Crippen molar-refractivity contribution in [3.05, 3.63) is 57.8 Å². The third-order valence-corrected chi connectivity index (χ3v) is 4.77. The Kier molecular flexibility index (Phi) is 4.37. The molecule has 0 radical (unpaired) electrons. The van der Waals surface area contributed by atoms with Gasteiger partial charge in [0.05, 0.1) is 21.0 Å². The molecular weight excluding hydrogens is 329 g/mol. The number of benzene rings is 2. The molecule has 19 heavy (non-hydrogen) atoms. The highest BCUT2D eigenvalue weighted by Crippen LogP contribution is 2.21. The Morgan fingerprint density at radius 1 is 1.26 bits per heavy atom. The Morgan fingerprint density at radius 2 is 2.00 bits per heavy atom. The molecular formula is C14H13BrFNOS. The zero-order valence-electron chi connectivity index (χ0n) is 10.3. The van der Waals surface area contributed by atoms with E-state index in [0.29, 0.717) is 15.9 Å². The van der Waals surface area contributed by atoms with Crippen LogP contribution in [0.2, 0.25) is 0 Å². The van der Waals surface area contributed by atoms with Crippen LogP contribution in [0.25, 0.3) is 0 Å². The molecule has 0 aliphatic heterocycles. The number of anilines is 1. The maximum absolute atomic E-state index is 13.1. The second-order valence-corrected chi connectivity index (χ2v) is 6.56. The van der Waals surface area contributed by atoms with Crippen molar-refractivity contribution in [3.8, 4) is 0 Å². The summed E-state index contributed by atoms with van der Waals surface area (Å²) in [7, 11) is -1.17. The zero-order valence-corrected chi connectivity index (χ0v) is 12.7. The fourth-order valence-electron chi connectivity index (χ4n) is 1.65. The van der Waals surface area contributed by atoms with Crippen LogP contribution < -0.4 is 5.73 Å². The van der Waals surface area contributed by atoms with Crippen molar-refractivity contribution in [2.24, 2.45) is 0 Å². The van der Waals surface area contributed by atoms with E-state index in [1.807, 2.05) is 13.0 Å². The normalized spacial score (nSPS) is 12.4. The second kappa shape index (κ2) is 5.84. The molecule has 2 N–H and O–H groups in total. The number of halogens is 2. The average Bonchev–Trinajstić information content (AvgIpc) is 2.37. The summed E-state index contributed by atoms with van der Waals surface area (Å²) in [6, 6.07) is 9.99. The number of aryl methyl sites for hydroxylation is 1. The van der Waals surface area contributed by atoms with Crippen LogP contribution in [-0.4, -0.2) is 4.21 Å². The van der Waals surface area contributed by atoms with Crippen LogP contribution in [0.3, 0.4) is 0 Å². The Balaban J connectivity index is 2.20. The fourth-order valence-corrected chi connectivity index (χ4v) is 3.26. The third-order valence-electron chi connectivity index (χ3n) is 2.79. The van der Waals surface area contributed by atoms with E-state index >= 15 is 0 Å². The summed E-state index contributed by atoms with van der Waals surface area (Å²) in [4.78, 5) is 0.729. The summed E-state index contributed by atoms with van der Waals surface area (Å²) in [5, 5.41) is 0. The van der Waals surface area contributed by atoms with Gasteiger partial charge in [-0.1, -0.05) is 6.07 Å². The molecule has 0 bridgehead atoms. The number of nitrogen functional groups attached to an aromatic ring is 1. The fraction of sp³-hybridized carbons (Fsp3) is 0.143. The second-order valence-electron chi connectivity index (χ2n) is 4.26. The van der Waals surface area contributed by atoms with E-state index in [0.717, 1.165) is 16.0 Å². The molecule has 2 aromatic rings. The summed E-state index contributed by atoms with van der Waals surface area (Å²) in [6.07, 6.45) is 0. The minimum Gasteiger partial charge on any atom is -0.399 e. The quantitative estimate of drug-likeness (QED) is 0.863. The molecule has 100 valence electrons. The minimum absolute atomic E-state index is 0.321. The number of hydrogen-bond acceptors (Lipinski definition) is 2. The maximum atomic E-state index is 13.1. The molecule has 0 heterocycles. The molecule has 2 aromatic carbocycles. The molecule has 1 atom stereocenters. The number of nitrogens with two attached hydrogens (primary N) is 1. The summed E-state index contributed by atoms with van der Waals surface area (Å²) in [6.45, 7) is 1.88. The largest absolute Gasteiger partial charge is 0.399 e. The molecule has 0 saturated carbocycles. The Bertz CT molecular complexity index is 645. The molecule has 0 amide bonds. The van der Waals surface area contributed by atoms with Gasteiger partial charge < -0.3 is 5.73 Å². The van der Waals surface area contributed by atoms with Crippen LogP contribution in [0, 0.1) is 12.7 Å². The van der Waals surface area contributed by atoms with Gasteiger partial charge in [0.15, 0.2) is 0 Å². The standard InChI is InChI=1S/C14H13BrFNOS/c1-9-6-11(3-5-14(9)17)19(18)8-10-2-4-13(16)12(15)7-10/h2-7H,8,17H2,1H3. The summed E-state index contributed by atoms with van der Waals surface area (Å²) >= 11 is 3.12. The number of hydrogen-bond donors (Lipinski definition) is 1. The first-order valence-electron chi connectivity index (χ1n) is 5.66. The van der Waals surface area contributed by atoms with Crippen LogP contribution in [0.1, 0.15) is 11.1 Å². The Hall–Kier alpha value is -1.20. The zero-order chi connectivity index (χ0) is 14.0. The lowest BCUT2D eigenvalue weighted by Crippen LogP contribution is -1.99. The summed E-state index contributed by atoms with van der Waals surface area (Å²) in [5.74, 6) is 0.0280. The highest BCUT2D eigenvalue weighted by atomic mass is 79.9. The van der Waals surface area contributed by atoms with Gasteiger partial charge in [0.1, 0.15) is 5.82 Å². The average molecular weight is 342 g/mol. The first-order chi connectivity index (χ1) is 8.97. The lowest BCUT2D eigenvalue weighted by atomic mass is 10.2. The van der Waals surface area contributed by atoms with Crippen molar-refractivity contribution in [3.63, 3.8) is 0 Å². The molecule has 0 aromatic heterocycles. The lowest BCUT2D eigenvalue weighted by Gasteiger charge is -2.06. The topological polar surface area (TPSA) is 43.1 Å². The van der Waals surface area contributed by atoms with Gasteiger partial charge in [-0.25, -0.2) is 4.39 Å². The lowest BCUT2D eigenvalue weighted by molar-refractivity contribution is 0.620. The molecule has 2 nitrogen and oxygen atoms in total. The minimum atomic E-state index is -1.17. The summed E-state index contributed by atoms with van der Waals surface area (Å²) in [5.41, 5.74) is 8.15. The molecule has 0 aliphatic rings. The predicted octanol–water partition coefficient (Wildman–Crippen LogP) is 3.79. The Morgan fingerprint density at radius 3 is 2.63 bits per heavy atom. The van der Waals surface area contributed by atoms with Crippen LogP contribution in [0.5, 0.6) is 0 Å². The van der Waals surface area contributed by atoms with E-state index in [9.17, 15) is 8.60 Å². The van der Waals surface area contributed by atoms with Gasteiger partial charge in [0.25, 0.3) is 0 Å². The van der Waals surface area contributed by atoms with Gasteiger partial charge in [0, 0.05) is 10.6 Å². The van der Waals surface area contributed by atoms with Gasteiger partial charge in [-0.15, -0.1) is 0 Å². The van der Waals surface area contributed by atoms with Crippen molar-refractivity contribution >= 4 is 32.4 Å². The van der Waals surface area contributed by atoms with Gasteiger partial charge in [-0.2, -0.15) is 0 Å². The van der Waals surface area contributed by atoms with Gasteiger partial charge in [-0.05, 0) is 64.3 Å². The van der Waals surface area contributed by atoms with Crippen LogP contribution in [-0.2, 0) is 16.6 Å². The smallest absolute Gasteiger partial charge is 0.137 e. The van der Waals surface area contributed by atoms with Crippen molar-refractivity contribution in [2.45, 2.75) is 17.6 Å². The third kappa shape index (κ3) is 3.42. The molecule has 1 unspecified atom stereocenters. The van der Waals surface area contributed by atoms with E-state index in [2.05, 4.69) is 15.9 Å². The van der Waals surface area contributed by atoms with Crippen LogP contribution >= 0.6 is 15.9 Å². The summed E-state index contributed by atoms with van der Waals surface area (Å²) < 4.78 is 25.7. The molecule has 0 saturated heterocycles. The maximum Gasteiger partial charge on any atom is 0.137 e. The van der Waals surface area contributed by atoms with Crippen molar-refractivity contribution < 1.29 is 8.60 Å². The van der Waals surface area contributed by atoms with Gasteiger partial charge in [0.2, 0.25) is 0 Å². The van der Waals surface area contributed by atoms with Crippen LogP contribution in [0.15, 0.2) is 45.8 Å². The highest BCUT2D eigenvalue weighted by molar-refractivity contribution is 9.10. The van der Waals surface area contributed by atoms with Gasteiger partial charge in [-0.3, -0.25) is 4.21 Å². The van der Waals surface area contributed by atoms with Gasteiger partial charge >= 0.3 is 0 Å². The molecule has 0 aliphatic carbocycles. The van der Waals surface area contributed by atoms with E-state index in [-0.39, 0.29) is 5.82 Å². The molecule has 5 heteroatoms. The molecule has 0 spiro atoms. The van der Waals surface area contributed by atoms with E-state index < -0.39 is 10.8 Å². The predicted molar refractivity (Wildman–Crippen MR) is 79.8 cm³/mol. The van der Waals surface area contributed by atoms with E-state index in [1.54, 1.807) is 24.3 Å². The monoisotopic (exact) mass is 341 g/mol. The number of rotatable bonds is 3. The highest BCUT2D eigenvalue weighted by Gasteiger charge is 2.08. The van der Waals surface area contributed by atoms with Crippen LogP contribution in [0.4, 0.5) is 10.1 Å².